The largest absolute Gasteiger partial charge is 0.491 e. The van der Waals surface area contributed by atoms with Crippen LogP contribution in [0.4, 0.5) is 17.3 Å². The van der Waals surface area contributed by atoms with Gasteiger partial charge in [0.25, 0.3) is 0 Å². The summed E-state index contributed by atoms with van der Waals surface area (Å²) >= 11 is 0. The van der Waals surface area contributed by atoms with Crippen molar-refractivity contribution in [3.8, 4) is 5.75 Å². The quantitative estimate of drug-likeness (QED) is 0.573. The fourth-order valence-electron chi connectivity index (χ4n) is 1.75. The summed E-state index contributed by atoms with van der Waals surface area (Å²) < 4.78 is 5.60. The summed E-state index contributed by atoms with van der Waals surface area (Å²) in [6.45, 7) is 5.89. The zero-order valence-electron chi connectivity index (χ0n) is 11.8. The van der Waals surface area contributed by atoms with Gasteiger partial charge in [-0.25, -0.2) is 15.8 Å². The molecule has 1 heterocycles. The van der Waals surface area contributed by atoms with Gasteiger partial charge in [-0.1, -0.05) is 0 Å². The Bertz CT molecular complexity index is 568. The highest BCUT2D eigenvalue weighted by atomic mass is 16.5. The number of hydrogen-bond acceptors (Lipinski definition) is 6. The zero-order valence-corrected chi connectivity index (χ0v) is 11.8. The number of hydrogen-bond donors (Lipinski definition) is 3. The van der Waals surface area contributed by atoms with Crippen LogP contribution in [0, 0.1) is 6.92 Å². The van der Waals surface area contributed by atoms with Gasteiger partial charge in [-0.2, -0.15) is 0 Å². The highest BCUT2D eigenvalue weighted by molar-refractivity contribution is 5.64. The zero-order chi connectivity index (χ0) is 14.5. The van der Waals surface area contributed by atoms with Crippen molar-refractivity contribution in [2.75, 3.05) is 10.7 Å². The van der Waals surface area contributed by atoms with E-state index >= 15 is 0 Å². The molecule has 0 amide bonds. The molecule has 2 aromatic rings. The number of hydrazine groups is 1. The molecule has 0 aliphatic heterocycles. The molecule has 0 fully saturated rings. The maximum Gasteiger partial charge on any atom is 0.148 e. The number of anilines is 3. The van der Waals surface area contributed by atoms with Crippen molar-refractivity contribution in [2.45, 2.75) is 26.9 Å². The van der Waals surface area contributed by atoms with Crippen LogP contribution in [0.2, 0.25) is 0 Å². The van der Waals surface area contributed by atoms with E-state index in [1.807, 2.05) is 45.0 Å². The second-order valence-corrected chi connectivity index (χ2v) is 4.66. The lowest BCUT2D eigenvalue weighted by atomic mass is 10.2. The monoisotopic (exact) mass is 273 g/mol. The van der Waals surface area contributed by atoms with Gasteiger partial charge in [0.15, 0.2) is 0 Å². The van der Waals surface area contributed by atoms with Crippen molar-refractivity contribution < 1.29 is 4.74 Å². The molecule has 0 bridgehead atoms. The number of nitrogens with zero attached hydrogens (tertiary/aromatic N) is 2. The average molecular weight is 273 g/mol. The lowest BCUT2D eigenvalue weighted by Gasteiger charge is -2.12. The van der Waals surface area contributed by atoms with Crippen LogP contribution in [-0.2, 0) is 0 Å². The lowest BCUT2D eigenvalue weighted by Crippen LogP contribution is -2.11. The Morgan fingerprint density at radius 2 is 1.75 bits per heavy atom. The van der Waals surface area contributed by atoms with Crippen LogP contribution in [0.1, 0.15) is 19.4 Å². The minimum atomic E-state index is 0.163. The molecule has 0 radical (unpaired) electrons. The van der Waals surface area contributed by atoms with E-state index in [1.54, 1.807) is 0 Å². The predicted octanol–water partition coefficient (Wildman–Crippen LogP) is 2.60. The molecular weight excluding hydrogens is 254 g/mol. The molecule has 0 unspecified atom stereocenters. The standard InChI is InChI=1S/C14H19N5O/c1-9(2)20-12-6-4-11(5-7-12)18-13-10(3)14(19-15)17-8-16-13/h4-9H,15H2,1-3H3,(H2,16,17,18,19). The Morgan fingerprint density at radius 3 is 2.35 bits per heavy atom. The fraction of sp³-hybridized carbons (Fsp3) is 0.286. The van der Waals surface area contributed by atoms with Gasteiger partial charge >= 0.3 is 0 Å². The molecule has 6 nitrogen and oxygen atoms in total. The van der Waals surface area contributed by atoms with Crippen molar-refractivity contribution in [1.82, 2.24) is 9.97 Å². The van der Waals surface area contributed by atoms with E-state index in [-0.39, 0.29) is 6.10 Å². The third kappa shape index (κ3) is 3.36. The third-order valence-corrected chi connectivity index (χ3v) is 2.71. The van der Waals surface area contributed by atoms with E-state index in [9.17, 15) is 0 Å². The highest BCUT2D eigenvalue weighted by Gasteiger charge is 2.06. The highest BCUT2D eigenvalue weighted by Crippen LogP contribution is 2.23. The first kappa shape index (κ1) is 14.1. The Kier molecular flexibility index (Phi) is 4.37. The van der Waals surface area contributed by atoms with Crippen molar-refractivity contribution in [3.63, 3.8) is 0 Å². The Labute approximate surface area is 118 Å². The average Bonchev–Trinajstić information content (AvgIpc) is 2.43. The van der Waals surface area contributed by atoms with Gasteiger partial charge in [0, 0.05) is 11.3 Å². The summed E-state index contributed by atoms with van der Waals surface area (Å²) in [4.78, 5) is 8.24. The van der Waals surface area contributed by atoms with Crippen LogP contribution >= 0.6 is 0 Å². The predicted molar refractivity (Wildman–Crippen MR) is 80.1 cm³/mol. The fourth-order valence-corrected chi connectivity index (χ4v) is 1.75. The second-order valence-electron chi connectivity index (χ2n) is 4.66. The van der Waals surface area contributed by atoms with E-state index < -0.39 is 0 Å². The van der Waals surface area contributed by atoms with Crippen LogP contribution in [0.15, 0.2) is 30.6 Å². The van der Waals surface area contributed by atoms with Gasteiger partial charge in [-0.3, -0.25) is 0 Å². The van der Waals surface area contributed by atoms with Gasteiger partial charge in [0.1, 0.15) is 23.7 Å². The molecule has 0 atom stereocenters. The molecular formula is C14H19N5O. The number of rotatable bonds is 5. The van der Waals surface area contributed by atoms with Gasteiger partial charge in [-0.15, -0.1) is 0 Å². The molecule has 2 rings (SSSR count). The van der Waals surface area contributed by atoms with Gasteiger partial charge in [-0.05, 0) is 45.0 Å². The van der Waals surface area contributed by atoms with Crippen molar-refractivity contribution >= 4 is 17.3 Å². The van der Waals surface area contributed by atoms with Gasteiger partial charge < -0.3 is 15.5 Å². The molecule has 4 N–H and O–H groups in total. The third-order valence-electron chi connectivity index (χ3n) is 2.71. The second kappa shape index (κ2) is 6.21. The number of nitrogen functional groups attached to an aromatic ring is 1. The molecule has 0 aliphatic carbocycles. The summed E-state index contributed by atoms with van der Waals surface area (Å²) in [5.74, 6) is 7.55. The van der Waals surface area contributed by atoms with Crippen LogP contribution in [-0.4, -0.2) is 16.1 Å². The van der Waals surface area contributed by atoms with Crippen molar-refractivity contribution in [1.29, 1.82) is 0 Å². The molecule has 106 valence electrons. The Balaban J connectivity index is 2.14. The van der Waals surface area contributed by atoms with Crippen LogP contribution in [0.3, 0.4) is 0 Å². The van der Waals surface area contributed by atoms with Gasteiger partial charge in [0.2, 0.25) is 0 Å². The maximum absolute atomic E-state index is 5.60. The number of benzene rings is 1. The lowest BCUT2D eigenvalue weighted by molar-refractivity contribution is 0.242. The van der Waals surface area contributed by atoms with Crippen molar-refractivity contribution in [3.05, 3.63) is 36.2 Å². The first-order valence-corrected chi connectivity index (χ1v) is 6.42. The summed E-state index contributed by atoms with van der Waals surface area (Å²) in [7, 11) is 0. The normalized spacial score (nSPS) is 10.4. The SMILES string of the molecule is Cc1c(NN)ncnc1Nc1ccc(OC(C)C)cc1. The molecule has 1 aromatic heterocycles. The van der Waals surface area contributed by atoms with Crippen LogP contribution in [0.25, 0.3) is 0 Å². The molecule has 6 heteroatoms. The van der Waals surface area contributed by atoms with E-state index in [0.29, 0.717) is 11.6 Å². The smallest absolute Gasteiger partial charge is 0.148 e. The van der Waals surface area contributed by atoms with Crippen LogP contribution < -0.4 is 21.3 Å². The Hall–Kier alpha value is -2.34. The molecule has 0 spiro atoms. The minimum absolute atomic E-state index is 0.163. The van der Waals surface area contributed by atoms with E-state index in [0.717, 1.165) is 17.0 Å². The summed E-state index contributed by atoms with van der Waals surface area (Å²) in [6.07, 6.45) is 1.62. The number of nitrogens with two attached hydrogens (primary N) is 1. The topological polar surface area (TPSA) is 85.1 Å². The Morgan fingerprint density at radius 1 is 1.10 bits per heavy atom. The molecule has 1 aromatic carbocycles. The maximum atomic E-state index is 5.60. The van der Waals surface area contributed by atoms with Gasteiger partial charge in [0.05, 0.1) is 6.10 Å². The summed E-state index contributed by atoms with van der Waals surface area (Å²) in [5, 5.41) is 3.23. The number of aromatic nitrogens is 2. The molecule has 0 saturated heterocycles. The van der Waals surface area contributed by atoms with Crippen molar-refractivity contribution in [2.24, 2.45) is 5.84 Å². The van der Waals surface area contributed by atoms with E-state index in [4.69, 9.17) is 10.6 Å². The molecule has 0 saturated carbocycles. The molecule has 0 aliphatic rings. The van der Waals surface area contributed by atoms with E-state index in [1.165, 1.54) is 6.33 Å². The minimum Gasteiger partial charge on any atom is -0.491 e. The van der Waals surface area contributed by atoms with E-state index in [2.05, 4.69) is 20.7 Å². The first-order chi connectivity index (χ1) is 9.60. The van der Waals surface area contributed by atoms with Crippen LogP contribution in [0.5, 0.6) is 5.75 Å². The summed E-state index contributed by atoms with van der Waals surface area (Å²) in [5.41, 5.74) is 4.32. The number of nitrogens with one attached hydrogen (secondary N) is 2. The first-order valence-electron chi connectivity index (χ1n) is 6.42. The molecule has 20 heavy (non-hydrogen) atoms. The number of ether oxygens (including phenoxy) is 1. The summed E-state index contributed by atoms with van der Waals surface area (Å²) in [6, 6.07) is 7.71.